The van der Waals surface area contributed by atoms with Crippen LogP contribution in [0.25, 0.3) is 32.7 Å². The quantitative estimate of drug-likeness (QED) is 0.203. The van der Waals surface area contributed by atoms with Crippen LogP contribution < -0.4 is 13.4 Å². The Morgan fingerprint density at radius 2 is 0.675 bits per heavy atom. The summed E-state index contributed by atoms with van der Waals surface area (Å²) in [6, 6.07) is 25.0. The molecule has 3 heterocycles. The summed E-state index contributed by atoms with van der Waals surface area (Å²) in [4.78, 5) is 13.5. The zero-order chi connectivity index (χ0) is 28.3. The molecule has 7 heteroatoms. The van der Waals surface area contributed by atoms with E-state index in [9.17, 15) is 0 Å². The number of benzene rings is 3. The molecule has 0 amide bonds. The van der Waals surface area contributed by atoms with Crippen molar-refractivity contribution in [1.29, 1.82) is 0 Å². The summed E-state index contributed by atoms with van der Waals surface area (Å²) in [7, 11) is 0. The van der Waals surface area contributed by atoms with Crippen molar-refractivity contribution in [2.75, 3.05) is 0 Å². The van der Waals surface area contributed by atoms with Crippen LogP contribution in [-0.2, 0) is 20.1 Å². The molecule has 0 atom stereocenters. The minimum atomic E-state index is 0. The first-order valence-electron chi connectivity index (χ1n) is 12.7. The first-order valence-corrected chi connectivity index (χ1v) is 15.2. The van der Waals surface area contributed by atoms with Gasteiger partial charge in [0.15, 0.2) is 0 Å². The molecule has 0 saturated heterocycles. The molecule has 204 valence electrons. The molecular weight excluding hydrogens is 867 g/mol. The molecule has 0 aliphatic carbocycles. The standard InChI is InChI=1S/3C11H11NSe.Ir/c3*1-7-6-8(2)12-11-9(7)4-3-5-10(11)13;/h3*3-6,13H,1-2H3;/q;;;+3/p-3. The van der Waals surface area contributed by atoms with Crippen LogP contribution in [0.4, 0.5) is 0 Å². The summed E-state index contributed by atoms with van der Waals surface area (Å²) in [6.07, 6.45) is 0. The molecule has 0 radical (unpaired) electrons. The van der Waals surface area contributed by atoms with Gasteiger partial charge in [0.1, 0.15) is 0 Å². The van der Waals surface area contributed by atoms with E-state index in [-0.39, 0.29) is 20.1 Å². The van der Waals surface area contributed by atoms with E-state index in [1.54, 1.807) is 0 Å². The van der Waals surface area contributed by atoms with Crippen LogP contribution in [0.1, 0.15) is 33.8 Å². The van der Waals surface area contributed by atoms with Gasteiger partial charge in [-0.1, -0.05) is 0 Å². The van der Waals surface area contributed by atoms with Gasteiger partial charge >= 0.3 is 277 Å². The van der Waals surface area contributed by atoms with Gasteiger partial charge in [-0.05, 0) is 0 Å². The summed E-state index contributed by atoms with van der Waals surface area (Å²) in [5.41, 5.74) is 10.4. The van der Waals surface area contributed by atoms with E-state index in [0.29, 0.717) is 0 Å². The van der Waals surface area contributed by atoms with Gasteiger partial charge < -0.3 is 0 Å². The van der Waals surface area contributed by atoms with Gasteiger partial charge in [-0.15, -0.1) is 0 Å². The van der Waals surface area contributed by atoms with Crippen molar-refractivity contribution in [2.45, 2.75) is 41.5 Å². The number of para-hydroxylation sites is 3. The molecule has 40 heavy (non-hydrogen) atoms. The smallest absolute Gasteiger partial charge is 3.00 e. The van der Waals surface area contributed by atoms with E-state index in [2.05, 4.69) is 138 Å². The van der Waals surface area contributed by atoms with Gasteiger partial charge in [0.2, 0.25) is 0 Å². The molecule has 0 bridgehead atoms. The van der Waals surface area contributed by atoms with Gasteiger partial charge in [0.25, 0.3) is 0 Å². The Morgan fingerprint density at radius 3 is 0.925 bits per heavy atom. The maximum absolute atomic E-state index is 4.50. The molecule has 3 nitrogen and oxygen atoms in total. The average Bonchev–Trinajstić information content (AvgIpc) is 2.87. The Labute approximate surface area is 275 Å². The summed E-state index contributed by atoms with van der Waals surface area (Å²) in [5, 5.41) is 3.71. The fourth-order valence-electron chi connectivity index (χ4n) is 4.67. The number of hydrogen-bond donors (Lipinski definition) is 0. The molecular formula is C33H30IrN3Se3. The van der Waals surface area contributed by atoms with Crippen LogP contribution in [0.2, 0.25) is 0 Å². The van der Waals surface area contributed by atoms with Crippen LogP contribution in [0.5, 0.6) is 0 Å². The molecule has 6 rings (SSSR count). The summed E-state index contributed by atoms with van der Waals surface area (Å²) >= 11 is 9.11. The van der Waals surface area contributed by atoms with Crippen molar-refractivity contribution >= 4 is 94.1 Å². The first kappa shape index (κ1) is 32.6. The predicted octanol–water partition coefficient (Wildman–Crippen LogP) is 4.93. The fraction of sp³-hybridized carbons (Fsp3) is 0.182. The molecule has 3 aromatic carbocycles. The molecule has 6 aromatic rings. The maximum Gasteiger partial charge on any atom is 3.00 e. The molecule has 0 N–H and O–H groups in total. The SMILES string of the molecule is Cc1cc(C)c2cccc([Se-])c2n1.Cc1cc(C)c2cccc([Se-])c2n1.Cc1cc(C)c2cccc([Se-])c2n1.[Ir+3]. The van der Waals surface area contributed by atoms with Crippen LogP contribution in [0.15, 0.2) is 72.8 Å². The fourth-order valence-corrected chi connectivity index (χ4v) is 6.14. The second-order valence-electron chi connectivity index (χ2n) is 9.70. The third kappa shape index (κ3) is 7.68. The van der Waals surface area contributed by atoms with E-state index >= 15 is 0 Å². The minimum absolute atomic E-state index is 0. The molecule has 0 aliphatic heterocycles. The third-order valence-corrected chi connectivity index (χ3v) is 8.49. The first-order chi connectivity index (χ1) is 18.5. The number of aryl methyl sites for hydroxylation is 6. The predicted molar refractivity (Wildman–Crippen MR) is 170 cm³/mol. The topological polar surface area (TPSA) is 38.7 Å². The van der Waals surface area contributed by atoms with Crippen molar-refractivity contribution in [3.63, 3.8) is 0 Å². The number of fused-ring (bicyclic) bond motifs is 3. The molecule has 0 saturated carbocycles. The third-order valence-electron chi connectivity index (χ3n) is 6.41. The van der Waals surface area contributed by atoms with Crippen LogP contribution in [-0.4, -0.2) is 63.0 Å². The Kier molecular flexibility index (Phi) is 11.7. The number of nitrogens with zero attached hydrogens (tertiary/aromatic N) is 3. The molecule has 0 fully saturated rings. The average molecular weight is 898 g/mol. The van der Waals surface area contributed by atoms with E-state index in [0.717, 1.165) is 47.0 Å². The van der Waals surface area contributed by atoms with Crippen LogP contribution >= 0.6 is 0 Å². The number of hydrogen-bond acceptors (Lipinski definition) is 3. The van der Waals surface area contributed by atoms with Crippen molar-refractivity contribution in [3.8, 4) is 0 Å². The summed E-state index contributed by atoms with van der Waals surface area (Å²) in [5.74, 6) is 0. The maximum atomic E-state index is 4.50. The van der Waals surface area contributed by atoms with Crippen LogP contribution in [0.3, 0.4) is 0 Å². The van der Waals surface area contributed by atoms with Crippen molar-refractivity contribution in [1.82, 2.24) is 15.0 Å². The molecule has 0 unspecified atom stereocenters. The normalized spacial score (nSPS) is 10.3. The number of pyridine rings is 3. The molecule has 3 aromatic heterocycles. The zero-order valence-electron chi connectivity index (χ0n) is 23.3. The van der Waals surface area contributed by atoms with Crippen LogP contribution in [0, 0.1) is 41.5 Å². The van der Waals surface area contributed by atoms with E-state index in [1.165, 1.54) is 32.8 Å². The zero-order valence-corrected chi connectivity index (χ0v) is 30.9. The molecule has 0 spiro atoms. The van der Waals surface area contributed by atoms with Gasteiger partial charge in [-0.25, -0.2) is 0 Å². The van der Waals surface area contributed by atoms with E-state index in [1.807, 2.05) is 39.0 Å². The second kappa shape index (κ2) is 14.3. The van der Waals surface area contributed by atoms with Gasteiger partial charge in [0.05, 0.1) is 0 Å². The van der Waals surface area contributed by atoms with Crippen molar-refractivity contribution < 1.29 is 20.1 Å². The number of aromatic nitrogens is 3. The van der Waals surface area contributed by atoms with E-state index < -0.39 is 0 Å². The van der Waals surface area contributed by atoms with E-state index in [4.69, 9.17) is 0 Å². The Morgan fingerprint density at radius 1 is 0.425 bits per heavy atom. The number of rotatable bonds is 0. The van der Waals surface area contributed by atoms with Crippen molar-refractivity contribution in [3.05, 3.63) is 107 Å². The Hall–Kier alpha value is -1.90. The monoisotopic (exact) mass is 901 g/mol. The molecule has 0 aliphatic rings. The largest absolute Gasteiger partial charge is 3.00 e. The van der Waals surface area contributed by atoms with Gasteiger partial charge in [-0.3, -0.25) is 0 Å². The van der Waals surface area contributed by atoms with Gasteiger partial charge in [0, 0.05) is 0 Å². The Balaban J connectivity index is 0.000000163. The van der Waals surface area contributed by atoms with Crippen molar-refractivity contribution in [2.24, 2.45) is 0 Å². The summed E-state index contributed by atoms with van der Waals surface area (Å²) in [6.45, 7) is 12.4. The second-order valence-corrected chi connectivity index (χ2v) is 12.5. The summed E-state index contributed by atoms with van der Waals surface area (Å²) < 4.78 is 3.39. The van der Waals surface area contributed by atoms with Gasteiger partial charge in [-0.2, -0.15) is 0 Å². The Bertz CT molecular complexity index is 1610. The minimum Gasteiger partial charge on any atom is 3.00 e.